The van der Waals surface area contributed by atoms with Crippen LogP contribution in [0.4, 0.5) is 0 Å². The van der Waals surface area contributed by atoms with E-state index in [2.05, 4.69) is 10.6 Å². The molecule has 1 heterocycles. The fourth-order valence-corrected chi connectivity index (χ4v) is 3.73. The van der Waals surface area contributed by atoms with E-state index >= 15 is 0 Å². The van der Waals surface area contributed by atoms with E-state index in [1.807, 2.05) is 0 Å². The molecule has 0 saturated heterocycles. The van der Waals surface area contributed by atoms with Gasteiger partial charge in [0.05, 0.1) is 49.7 Å². The third-order valence-corrected chi connectivity index (χ3v) is 5.28. The molecule has 0 fully saturated rings. The van der Waals surface area contributed by atoms with Crippen molar-refractivity contribution in [3.63, 3.8) is 0 Å². The van der Waals surface area contributed by atoms with Crippen molar-refractivity contribution in [1.29, 1.82) is 0 Å². The maximum absolute atomic E-state index is 13.1. The van der Waals surface area contributed by atoms with Crippen molar-refractivity contribution >= 4 is 35.4 Å². The van der Waals surface area contributed by atoms with Gasteiger partial charge in [0.1, 0.15) is 0 Å². The van der Waals surface area contributed by atoms with Gasteiger partial charge in [0.15, 0.2) is 0 Å². The summed E-state index contributed by atoms with van der Waals surface area (Å²) in [6.45, 7) is 3.55. The topological polar surface area (TPSA) is 140 Å². The molecule has 10 nitrogen and oxygen atoms in total. The van der Waals surface area contributed by atoms with E-state index in [9.17, 15) is 19.2 Å². The number of dihydropyridines is 1. The minimum atomic E-state index is -1.24. The monoisotopic (exact) mass is 506 g/mol. The SMILES string of the molecule is CCOC(=O)C1=C(COCCNC(=O)/C=C/C(=O)O)NC(C)=C(C(=O)OC)C1c1ccccc1Cl. The molecule has 1 aliphatic heterocycles. The van der Waals surface area contributed by atoms with Crippen LogP contribution in [0.2, 0.25) is 5.02 Å². The van der Waals surface area contributed by atoms with Gasteiger partial charge < -0.3 is 30.0 Å². The highest BCUT2D eigenvalue weighted by molar-refractivity contribution is 6.31. The second-order valence-electron chi connectivity index (χ2n) is 7.24. The molecule has 2 rings (SSSR count). The zero-order valence-corrected chi connectivity index (χ0v) is 20.3. The molecule has 0 saturated carbocycles. The van der Waals surface area contributed by atoms with Crippen LogP contribution in [0, 0.1) is 0 Å². The van der Waals surface area contributed by atoms with Gasteiger partial charge >= 0.3 is 17.9 Å². The first-order chi connectivity index (χ1) is 16.7. The van der Waals surface area contributed by atoms with Gasteiger partial charge in [0.25, 0.3) is 0 Å². The summed E-state index contributed by atoms with van der Waals surface area (Å²) >= 11 is 6.45. The summed E-state index contributed by atoms with van der Waals surface area (Å²) in [6, 6.07) is 6.85. The van der Waals surface area contributed by atoms with Crippen molar-refractivity contribution in [3.8, 4) is 0 Å². The van der Waals surface area contributed by atoms with Crippen molar-refractivity contribution in [2.75, 3.05) is 33.5 Å². The third kappa shape index (κ3) is 7.43. The average molecular weight is 507 g/mol. The van der Waals surface area contributed by atoms with Crippen LogP contribution in [0.25, 0.3) is 0 Å². The molecule has 11 heteroatoms. The molecule has 188 valence electrons. The summed E-state index contributed by atoms with van der Waals surface area (Å²) in [6.07, 6.45) is 1.62. The summed E-state index contributed by atoms with van der Waals surface area (Å²) < 4.78 is 15.9. The molecule has 0 spiro atoms. The number of methoxy groups -OCH3 is 1. The Morgan fingerprint density at radius 2 is 1.86 bits per heavy atom. The van der Waals surface area contributed by atoms with Gasteiger partial charge in [0.2, 0.25) is 5.91 Å². The van der Waals surface area contributed by atoms with Crippen LogP contribution in [-0.4, -0.2) is 62.4 Å². The number of benzene rings is 1. The Morgan fingerprint density at radius 3 is 2.49 bits per heavy atom. The van der Waals surface area contributed by atoms with Gasteiger partial charge in [-0.2, -0.15) is 0 Å². The van der Waals surface area contributed by atoms with Crippen LogP contribution in [-0.2, 0) is 33.4 Å². The maximum Gasteiger partial charge on any atom is 0.336 e. The number of amides is 1. The van der Waals surface area contributed by atoms with Crippen molar-refractivity contribution in [2.45, 2.75) is 19.8 Å². The fourth-order valence-electron chi connectivity index (χ4n) is 3.49. The number of hydrogen-bond donors (Lipinski definition) is 3. The van der Waals surface area contributed by atoms with E-state index in [0.29, 0.717) is 22.0 Å². The van der Waals surface area contributed by atoms with Crippen LogP contribution in [0.3, 0.4) is 0 Å². The van der Waals surface area contributed by atoms with E-state index in [0.717, 1.165) is 12.2 Å². The lowest BCUT2D eigenvalue weighted by atomic mass is 9.80. The Labute approximate surface area is 207 Å². The van der Waals surface area contributed by atoms with Crippen molar-refractivity contribution in [3.05, 3.63) is 69.5 Å². The lowest BCUT2D eigenvalue weighted by molar-refractivity contribution is -0.139. The number of carboxylic acid groups (broad SMARTS) is 1. The number of halogens is 1. The Hall–Kier alpha value is -3.63. The number of ether oxygens (including phenoxy) is 3. The van der Waals surface area contributed by atoms with Crippen molar-refractivity contribution in [2.24, 2.45) is 0 Å². The number of hydrogen-bond acceptors (Lipinski definition) is 8. The van der Waals surface area contributed by atoms with Crippen LogP contribution in [0.15, 0.2) is 59.0 Å². The quantitative estimate of drug-likeness (QED) is 0.233. The standard InChI is InChI=1S/C24H27ClN2O8/c1-4-35-24(32)22-17(13-34-12-11-26-18(28)9-10-19(29)30)27-14(2)20(23(31)33-3)21(22)15-7-5-6-8-16(15)25/h5-10,21,27H,4,11-13H2,1-3H3,(H,26,28)(H,29,30)/b10-9+. The van der Waals surface area contributed by atoms with Crippen molar-refractivity contribution < 1.29 is 38.5 Å². The molecule has 1 unspecified atom stereocenters. The Balaban J connectivity index is 2.34. The van der Waals surface area contributed by atoms with Crippen LogP contribution in [0.5, 0.6) is 0 Å². The van der Waals surface area contributed by atoms with Gasteiger partial charge in [-0.05, 0) is 25.5 Å². The zero-order chi connectivity index (χ0) is 26.0. The molecule has 1 aliphatic rings. The predicted octanol–water partition coefficient (Wildman–Crippen LogP) is 2.06. The number of nitrogens with one attached hydrogen (secondary N) is 2. The molecule has 35 heavy (non-hydrogen) atoms. The van der Waals surface area contributed by atoms with Gasteiger partial charge in [-0.1, -0.05) is 29.8 Å². The highest BCUT2D eigenvalue weighted by atomic mass is 35.5. The summed E-state index contributed by atoms with van der Waals surface area (Å²) in [5.74, 6) is -3.96. The summed E-state index contributed by atoms with van der Waals surface area (Å²) in [7, 11) is 1.25. The second kappa shape index (κ2) is 13.3. The van der Waals surface area contributed by atoms with Gasteiger partial charge in [0, 0.05) is 29.4 Å². The van der Waals surface area contributed by atoms with E-state index in [-0.39, 0.29) is 37.5 Å². The normalized spacial score (nSPS) is 15.6. The highest BCUT2D eigenvalue weighted by Crippen LogP contribution is 2.41. The lowest BCUT2D eigenvalue weighted by Crippen LogP contribution is -2.35. The average Bonchev–Trinajstić information content (AvgIpc) is 2.82. The van der Waals surface area contributed by atoms with Gasteiger partial charge in [-0.15, -0.1) is 0 Å². The minimum absolute atomic E-state index is 0.0668. The van der Waals surface area contributed by atoms with E-state index in [4.69, 9.17) is 30.9 Å². The first-order valence-corrected chi connectivity index (χ1v) is 11.1. The van der Waals surface area contributed by atoms with Crippen LogP contribution >= 0.6 is 11.6 Å². The summed E-state index contributed by atoms with van der Waals surface area (Å²) in [5, 5.41) is 14.4. The smallest absolute Gasteiger partial charge is 0.336 e. The van der Waals surface area contributed by atoms with E-state index in [1.165, 1.54) is 7.11 Å². The fraction of sp³-hybridized carbons (Fsp3) is 0.333. The van der Waals surface area contributed by atoms with Gasteiger partial charge in [-0.3, -0.25) is 4.79 Å². The van der Waals surface area contributed by atoms with Crippen molar-refractivity contribution in [1.82, 2.24) is 10.6 Å². The molecule has 1 atom stereocenters. The maximum atomic E-state index is 13.1. The minimum Gasteiger partial charge on any atom is -0.478 e. The third-order valence-electron chi connectivity index (χ3n) is 4.93. The molecule has 0 aliphatic carbocycles. The molecule has 0 radical (unpaired) electrons. The highest BCUT2D eigenvalue weighted by Gasteiger charge is 2.39. The van der Waals surface area contributed by atoms with Gasteiger partial charge in [-0.25, -0.2) is 14.4 Å². The molecule has 1 aromatic carbocycles. The summed E-state index contributed by atoms with van der Waals surface area (Å²) in [4.78, 5) is 47.8. The lowest BCUT2D eigenvalue weighted by Gasteiger charge is -2.31. The van der Waals surface area contributed by atoms with E-state index < -0.39 is 29.7 Å². The predicted molar refractivity (Wildman–Crippen MR) is 126 cm³/mol. The summed E-state index contributed by atoms with van der Waals surface area (Å²) in [5.41, 5.74) is 1.72. The number of rotatable bonds is 11. The molecule has 1 aromatic rings. The Morgan fingerprint density at radius 1 is 1.14 bits per heavy atom. The number of esters is 2. The molecule has 0 aromatic heterocycles. The molecule has 1 amide bonds. The number of aliphatic carboxylic acids is 1. The number of carbonyl (C=O) groups excluding carboxylic acids is 3. The molecular weight excluding hydrogens is 480 g/mol. The first kappa shape index (κ1) is 27.6. The van der Waals surface area contributed by atoms with Crippen LogP contribution in [0.1, 0.15) is 25.3 Å². The number of carboxylic acids is 1. The molecule has 3 N–H and O–H groups in total. The zero-order valence-electron chi connectivity index (χ0n) is 19.6. The Kier molecular flexibility index (Phi) is 10.5. The first-order valence-electron chi connectivity index (χ1n) is 10.7. The Bertz CT molecular complexity index is 1080. The largest absolute Gasteiger partial charge is 0.478 e. The number of carbonyl (C=O) groups is 4. The molecular formula is C24H27ClN2O8. The van der Waals surface area contributed by atoms with E-state index in [1.54, 1.807) is 38.1 Å². The molecule has 0 bridgehead atoms. The second-order valence-corrected chi connectivity index (χ2v) is 7.64. The van der Waals surface area contributed by atoms with Crippen LogP contribution < -0.4 is 10.6 Å². The number of allylic oxidation sites excluding steroid dienone is 1.